The van der Waals surface area contributed by atoms with E-state index in [1.165, 1.54) is 7.11 Å². The van der Waals surface area contributed by atoms with Crippen LogP contribution < -0.4 is 20.5 Å². The van der Waals surface area contributed by atoms with Gasteiger partial charge in [0.15, 0.2) is 0 Å². The summed E-state index contributed by atoms with van der Waals surface area (Å²) in [6.07, 6.45) is 1.08. The van der Waals surface area contributed by atoms with E-state index in [0.717, 1.165) is 28.2 Å². The van der Waals surface area contributed by atoms with Crippen LogP contribution in [0.1, 0.15) is 10.4 Å². The van der Waals surface area contributed by atoms with Crippen LogP contribution in [0.25, 0.3) is 21.8 Å². The predicted molar refractivity (Wildman–Crippen MR) is 130 cm³/mol. The molecule has 4 N–H and O–H groups in total. The van der Waals surface area contributed by atoms with Crippen molar-refractivity contribution in [2.75, 3.05) is 23.4 Å². The molecular formula is C22H21ClN4O4S. The Morgan fingerprint density at radius 2 is 1.72 bits per heavy atom. The molecule has 4 rings (SSSR count). The molecule has 0 aliphatic rings. The average molecular weight is 473 g/mol. The second kappa shape index (κ2) is 8.89. The van der Waals surface area contributed by atoms with Crippen molar-refractivity contribution in [3.63, 3.8) is 0 Å². The fraction of sp³-hybridized carbons (Fsp3) is 0.0909. The summed E-state index contributed by atoms with van der Waals surface area (Å²) < 4.78 is 31.0. The van der Waals surface area contributed by atoms with Crippen LogP contribution in [0, 0.1) is 0 Å². The number of ether oxygens (including phenoxy) is 1. The number of carbonyl (C=O) groups is 1. The number of halogens is 1. The molecule has 0 saturated heterocycles. The lowest BCUT2D eigenvalue weighted by Gasteiger charge is -2.17. The molecule has 0 radical (unpaired) electrons. The SMILES string of the molecule is COc1cc(NS(C)(=O)=O)ccc1Nc1c2ccccc2nc2ccc(C(N)=O)cc12.Cl. The van der Waals surface area contributed by atoms with Gasteiger partial charge in [-0.2, -0.15) is 0 Å². The van der Waals surface area contributed by atoms with E-state index in [9.17, 15) is 13.2 Å². The molecule has 0 spiro atoms. The zero-order valence-electron chi connectivity index (χ0n) is 17.2. The number of primary amides is 1. The third-order valence-electron chi connectivity index (χ3n) is 4.73. The minimum Gasteiger partial charge on any atom is -0.494 e. The summed E-state index contributed by atoms with van der Waals surface area (Å²) >= 11 is 0. The molecular weight excluding hydrogens is 452 g/mol. The lowest BCUT2D eigenvalue weighted by molar-refractivity contribution is 0.100. The molecule has 0 saturated carbocycles. The van der Waals surface area contributed by atoms with Gasteiger partial charge in [0.25, 0.3) is 0 Å². The second-order valence-corrected chi connectivity index (χ2v) is 8.76. The Balaban J connectivity index is 0.00000289. The normalized spacial score (nSPS) is 11.1. The van der Waals surface area contributed by atoms with Gasteiger partial charge in [-0.3, -0.25) is 9.52 Å². The Bertz CT molecular complexity index is 1440. The minimum atomic E-state index is -3.42. The summed E-state index contributed by atoms with van der Waals surface area (Å²) in [5, 5.41) is 4.93. The van der Waals surface area contributed by atoms with Crippen LogP contribution in [0.2, 0.25) is 0 Å². The van der Waals surface area contributed by atoms with Crippen LogP contribution in [0.4, 0.5) is 17.1 Å². The number of rotatable bonds is 6. The van der Waals surface area contributed by atoms with Gasteiger partial charge in [0.1, 0.15) is 5.75 Å². The highest BCUT2D eigenvalue weighted by Gasteiger charge is 2.14. The topological polar surface area (TPSA) is 123 Å². The number of benzene rings is 3. The highest BCUT2D eigenvalue weighted by atomic mass is 35.5. The Labute approximate surface area is 191 Å². The molecule has 0 aliphatic heterocycles. The quantitative estimate of drug-likeness (QED) is 0.364. The number of nitrogens with two attached hydrogens (primary N) is 1. The fourth-order valence-electron chi connectivity index (χ4n) is 3.39. The molecule has 0 fully saturated rings. The maximum atomic E-state index is 11.7. The first-order chi connectivity index (χ1) is 14.7. The van der Waals surface area contributed by atoms with E-state index in [1.807, 2.05) is 24.3 Å². The Morgan fingerprint density at radius 3 is 2.41 bits per heavy atom. The zero-order valence-corrected chi connectivity index (χ0v) is 18.9. The van der Waals surface area contributed by atoms with E-state index in [-0.39, 0.29) is 12.4 Å². The predicted octanol–water partition coefficient (Wildman–Crippen LogP) is 4.03. The number of anilines is 3. The van der Waals surface area contributed by atoms with Gasteiger partial charge in [-0.1, -0.05) is 18.2 Å². The third-order valence-corrected chi connectivity index (χ3v) is 5.34. The van der Waals surface area contributed by atoms with E-state index in [4.69, 9.17) is 10.5 Å². The first kappa shape index (κ1) is 23.1. The van der Waals surface area contributed by atoms with Crippen molar-refractivity contribution in [3.8, 4) is 5.75 Å². The van der Waals surface area contributed by atoms with Crippen molar-refractivity contribution in [2.45, 2.75) is 0 Å². The Kier molecular flexibility index (Phi) is 6.42. The number of nitrogens with one attached hydrogen (secondary N) is 2. The largest absolute Gasteiger partial charge is 0.494 e. The molecule has 0 atom stereocenters. The molecule has 32 heavy (non-hydrogen) atoms. The molecule has 3 aromatic carbocycles. The summed E-state index contributed by atoms with van der Waals surface area (Å²) in [5.74, 6) is -0.0939. The molecule has 1 amide bonds. The summed E-state index contributed by atoms with van der Waals surface area (Å²) in [6.45, 7) is 0. The van der Waals surface area contributed by atoms with Crippen molar-refractivity contribution in [1.29, 1.82) is 0 Å². The van der Waals surface area contributed by atoms with Crippen LogP contribution in [0.15, 0.2) is 60.7 Å². The van der Waals surface area contributed by atoms with Crippen LogP contribution in [0.3, 0.4) is 0 Å². The summed E-state index contributed by atoms with van der Waals surface area (Å²) in [5.41, 5.74) is 9.04. The maximum absolute atomic E-state index is 11.7. The lowest BCUT2D eigenvalue weighted by atomic mass is 10.0. The van der Waals surface area contributed by atoms with Crippen molar-refractivity contribution in [2.24, 2.45) is 5.73 Å². The molecule has 1 heterocycles. The number of pyridine rings is 1. The summed E-state index contributed by atoms with van der Waals surface area (Å²) in [6, 6.07) is 17.6. The number of amides is 1. The zero-order chi connectivity index (χ0) is 22.2. The van der Waals surface area contributed by atoms with Crippen LogP contribution in [-0.2, 0) is 10.0 Å². The van der Waals surface area contributed by atoms with Gasteiger partial charge in [-0.15, -0.1) is 12.4 Å². The Hall–Kier alpha value is -3.56. The maximum Gasteiger partial charge on any atom is 0.248 e. The van der Waals surface area contributed by atoms with Crippen molar-refractivity contribution >= 4 is 67.2 Å². The van der Waals surface area contributed by atoms with Crippen LogP contribution in [-0.4, -0.2) is 32.7 Å². The smallest absolute Gasteiger partial charge is 0.248 e. The lowest BCUT2D eigenvalue weighted by Crippen LogP contribution is -2.11. The number of aromatic nitrogens is 1. The van der Waals surface area contributed by atoms with E-state index >= 15 is 0 Å². The van der Waals surface area contributed by atoms with Gasteiger partial charge in [0.05, 0.1) is 41.5 Å². The number of hydrogen-bond donors (Lipinski definition) is 3. The fourth-order valence-corrected chi connectivity index (χ4v) is 3.94. The number of sulfonamides is 1. The standard InChI is InChI=1S/C22H20N4O4S.ClH/c1-30-20-12-14(26-31(2,28)29)8-10-19(20)25-21-15-5-3-4-6-17(15)24-18-9-7-13(22(23)27)11-16(18)21;/h3-12,26H,1-2H3,(H2,23,27)(H,24,25);1H. The van der Waals surface area contributed by atoms with Crippen molar-refractivity contribution < 1.29 is 17.9 Å². The second-order valence-electron chi connectivity index (χ2n) is 7.01. The molecule has 10 heteroatoms. The molecule has 166 valence electrons. The van der Waals surface area contributed by atoms with Gasteiger partial charge in [-0.05, 0) is 36.4 Å². The highest BCUT2D eigenvalue weighted by Crippen LogP contribution is 2.37. The van der Waals surface area contributed by atoms with E-state index in [2.05, 4.69) is 15.0 Å². The van der Waals surface area contributed by atoms with Gasteiger partial charge < -0.3 is 15.8 Å². The van der Waals surface area contributed by atoms with Gasteiger partial charge in [0.2, 0.25) is 15.9 Å². The van der Waals surface area contributed by atoms with Gasteiger partial charge in [-0.25, -0.2) is 13.4 Å². The average Bonchev–Trinajstić information content (AvgIpc) is 2.73. The van der Waals surface area contributed by atoms with E-state index < -0.39 is 15.9 Å². The molecule has 1 aromatic heterocycles. The summed E-state index contributed by atoms with van der Waals surface area (Å²) in [7, 11) is -1.92. The molecule has 0 unspecified atom stereocenters. The van der Waals surface area contributed by atoms with Crippen molar-refractivity contribution in [3.05, 3.63) is 66.2 Å². The molecule has 0 bridgehead atoms. The molecule has 8 nitrogen and oxygen atoms in total. The molecule has 0 aliphatic carbocycles. The van der Waals surface area contributed by atoms with E-state index in [0.29, 0.717) is 28.2 Å². The van der Waals surface area contributed by atoms with E-state index in [1.54, 1.807) is 36.4 Å². The van der Waals surface area contributed by atoms with Crippen molar-refractivity contribution in [1.82, 2.24) is 4.98 Å². The minimum absolute atomic E-state index is 0. The number of carbonyl (C=O) groups excluding carboxylic acids is 1. The Morgan fingerprint density at radius 1 is 1.00 bits per heavy atom. The number of para-hydroxylation sites is 1. The van der Waals surface area contributed by atoms with Crippen LogP contribution >= 0.6 is 12.4 Å². The summed E-state index contributed by atoms with van der Waals surface area (Å²) in [4.78, 5) is 16.4. The first-order valence-corrected chi connectivity index (χ1v) is 11.2. The number of nitrogens with zero attached hydrogens (tertiary/aromatic N) is 1. The monoisotopic (exact) mass is 472 g/mol. The highest BCUT2D eigenvalue weighted by molar-refractivity contribution is 7.92. The van der Waals surface area contributed by atoms with Gasteiger partial charge >= 0.3 is 0 Å². The van der Waals surface area contributed by atoms with Crippen LogP contribution in [0.5, 0.6) is 5.75 Å². The first-order valence-electron chi connectivity index (χ1n) is 9.30. The van der Waals surface area contributed by atoms with Gasteiger partial charge in [0, 0.05) is 22.4 Å². The number of hydrogen-bond acceptors (Lipinski definition) is 6. The number of methoxy groups -OCH3 is 1. The third kappa shape index (κ3) is 4.68. The number of fused-ring (bicyclic) bond motifs is 2. The molecule has 4 aromatic rings.